The highest BCUT2D eigenvalue weighted by molar-refractivity contribution is 5.94. The van der Waals surface area contributed by atoms with Crippen LogP contribution >= 0.6 is 0 Å². The van der Waals surface area contributed by atoms with E-state index in [1.807, 2.05) is 0 Å². The fourth-order valence-electron chi connectivity index (χ4n) is 2.19. The number of nitrogens with zero attached hydrogens (tertiary/aromatic N) is 3. The lowest BCUT2D eigenvalue weighted by molar-refractivity contribution is 0.0789. The van der Waals surface area contributed by atoms with Gasteiger partial charge in [-0.3, -0.25) is 4.79 Å². The molecule has 1 atom stereocenters. The van der Waals surface area contributed by atoms with Crippen LogP contribution in [-0.2, 0) is 0 Å². The summed E-state index contributed by atoms with van der Waals surface area (Å²) in [6.07, 6.45) is 3.82. The number of amides is 1. The lowest BCUT2D eigenvalue weighted by atomic mass is 10.1. The molecule has 2 aromatic rings. The molecule has 0 aromatic carbocycles. The maximum Gasteiger partial charge on any atom is 0.257 e. The largest absolute Gasteiger partial charge is 0.472 e. The molecule has 0 spiro atoms. The van der Waals surface area contributed by atoms with Gasteiger partial charge in [0.25, 0.3) is 5.91 Å². The standard InChI is InChI=1S/C12H13N3O3/c1-8-13-11(18-14-8)9-2-4-15(6-9)12(16)10-3-5-17-7-10/h3,5,7,9H,2,4,6H2,1H3. The summed E-state index contributed by atoms with van der Waals surface area (Å²) in [6.45, 7) is 3.11. The number of rotatable bonds is 2. The predicted molar refractivity (Wildman–Crippen MR) is 61.0 cm³/mol. The molecule has 1 aliphatic heterocycles. The van der Waals surface area contributed by atoms with Gasteiger partial charge in [-0.15, -0.1) is 0 Å². The van der Waals surface area contributed by atoms with Crippen LogP contribution in [0.15, 0.2) is 27.5 Å². The summed E-state index contributed by atoms with van der Waals surface area (Å²) in [5, 5.41) is 3.78. The van der Waals surface area contributed by atoms with Crippen molar-refractivity contribution in [3.63, 3.8) is 0 Å². The summed E-state index contributed by atoms with van der Waals surface area (Å²) < 4.78 is 10.1. The lowest BCUT2D eigenvalue weighted by Gasteiger charge is -2.14. The first-order valence-corrected chi connectivity index (χ1v) is 5.85. The zero-order valence-electron chi connectivity index (χ0n) is 10.00. The van der Waals surface area contributed by atoms with Gasteiger partial charge in [-0.05, 0) is 19.4 Å². The van der Waals surface area contributed by atoms with E-state index >= 15 is 0 Å². The van der Waals surface area contributed by atoms with E-state index in [1.54, 1.807) is 17.9 Å². The number of carbonyl (C=O) groups is 1. The molecule has 0 bridgehead atoms. The van der Waals surface area contributed by atoms with E-state index in [0.717, 1.165) is 6.42 Å². The van der Waals surface area contributed by atoms with Crippen molar-refractivity contribution in [1.29, 1.82) is 0 Å². The molecule has 18 heavy (non-hydrogen) atoms. The molecule has 1 saturated heterocycles. The first-order chi connectivity index (χ1) is 8.74. The highest BCUT2D eigenvalue weighted by Crippen LogP contribution is 2.26. The number of aryl methyl sites for hydroxylation is 1. The van der Waals surface area contributed by atoms with Gasteiger partial charge in [0.05, 0.1) is 17.7 Å². The SMILES string of the molecule is Cc1noc(C2CCN(C(=O)c3ccoc3)C2)n1. The van der Waals surface area contributed by atoms with Gasteiger partial charge in [-0.2, -0.15) is 4.98 Å². The average molecular weight is 247 g/mol. The Hall–Kier alpha value is -2.11. The predicted octanol–water partition coefficient (Wildman–Crippen LogP) is 1.60. The second-order valence-corrected chi connectivity index (χ2v) is 4.43. The van der Waals surface area contributed by atoms with E-state index in [1.165, 1.54) is 12.5 Å². The molecule has 0 saturated carbocycles. The molecule has 1 amide bonds. The molecule has 0 N–H and O–H groups in total. The summed E-state index contributed by atoms with van der Waals surface area (Å²) in [7, 11) is 0. The zero-order valence-corrected chi connectivity index (χ0v) is 10.00. The third kappa shape index (κ3) is 1.90. The summed E-state index contributed by atoms with van der Waals surface area (Å²) in [4.78, 5) is 18.1. The van der Waals surface area contributed by atoms with Crippen molar-refractivity contribution < 1.29 is 13.7 Å². The Morgan fingerprint density at radius 1 is 1.56 bits per heavy atom. The van der Waals surface area contributed by atoms with Crippen LogP contribution in [-0.4, -0.2) is 34.0 Å². The Balaban J connectivity index is 1.70. The minimum atomic E-state index is -0.0116. The van der Waals surface area contributed by atoms with Gasteiger partial charge >= 0.3 is 0 Å². The van der Waals surface area contributed by atoms with E-state index in [0.29, 0.717) is 30.4 Å². The van der Waals surface area contributed by atoms with Crippen LogP contribution in [0, 0.1) is 6.92 Å². The van der Waals surface area contributed by atoms with Gasteiger partial charge in [0.15, 0.2) is 5.82 Å². The van der Waals surface area contributed by atoms with E-state index in [2.05, 4.69) is 10.1 Å². The molecule has 0 aliphatic carbocycles. The van der Waals surface area contributed by atoms with Gasteiger partial charge in [0.2, 0.25) is 5.89 Å². The quantitative estimate of drug-likeness (QED) is 0.806. The van der Waals surface area contributed by atoms with Crippen LogP contribution in [0.3, 0.4) is 0 Å². The maximum atomic E-state index is 12.1. The van der Waals surface area contributed by atoms with Crippen molar-refractivity contribution in [2.24, 2.45) is 0 Å². The van der Waals surface area contributed by atoms with Crippen molar-refractivity contribution in [2.45, 2.75) is 19.3 Å². The molecule has 3 heterocycles. The monoisotopic (exact) mass is 247 g/mol. The molecule has 2 aromatic heterocycles. The first kappa shape index (κ1) is 11.0. The van der Waals surface area contributed by atoms with Gasteiger partial charge in [0.1, 0.15) is 6.26 Å². The minimum absolute atomic E-state index is 0.0116. The van der Waals surface area contributed by atoms with Crippen molar-refractivity contribution in [3.05, 3.63) is 35.9 Å². The van der Waals surface area contributed by atoms with Crippen LogP contribution < -0.4 is 0 Å². The Kier molecular flexibility index (Phi) is 2.62. The van der Waals surface area contributed by atoms with Crippen LogP contribution in [0.25, 0.3) is 0 Å². The Labute approximate surface area is 104 Å². The average Bonchev–Trinajstić information content (AvgIpc) is 3.09. The molecular weight excluding hydrogens is 234 g/mol. The Morgan fingerprint density at radius 3 is 3.11 bits per heavy atom. The number of hydrogen-bond acceptors (Lipinski definition) is 5. The molecular formula is C12H13N3O3. The summed E-state index contributed by atoms with van der Waals surface area (Å²) in [5.41, 5.74) is 0.581. The van der Waals surface area contributed by atoms with E-state index in [9.17, 15) is 4.79 Å². The molecule has 6 nitrogen and oxygen atoms in total. The van der Waals surface area contributed by atoms with Crippen molar-refractivity contribution in [1.82, 2.24) is 15.0 Å². The first-order valence-electron chi connectivity index (χ1n) is 5.85. The van der Waals surface area contributed by atoms with E-state index in [-0.39, 0.29) is 11.8 Å². The van der Waals surface area contributed by atoms with Crippen LogP contribution in [0.2, 0.25) is 0 Å². The number of carbonyl (C=O) groups excluding carboxylic acids is 1. The van der Waals surface area contributed by atoms with Crippen molar-refractivity contribution in [2.75, 3.05) is 13.1 Å². The van der Waals surface area contributed by atoms with Crippen LogP contribution in [0.4, 0.5) is 0 Å². The van der Waals surface area contributed by atoms with Crippen LogP contribution in [0.5, 0.6) is 0 Å². The Bertz CT molecular complexity index is 547. The fraction of sp³-hybridized carbons (Fsp3) is 0.417. The minimum Gasteiger partial charge on any atom is -0.472 e. The number of aromatic nitrogens is 2. The van der Waals surface area contributed by atoms with E-state index in [4.69, 9.17) is 8.94 Å². The lowest BCUT2D eigenvalue weighted by Crippen LogP contribution is -2.28. The normalized spacial score (nSPS) is 19.4. The fourth-order valence-corrected chi connectivity index (χ4v) is 2.19. The second kappa shape index (κ2) is 4.29. The van der Waals surface area contributed by atoms with Gasteiger partial charge in [0, 0.05) is 13.1 Å². The highest BCUT2D eigenvalue weighted by atomic mass is 16.5. The third-order valence-electron chi connectivity index (χ3n) is 3.14. The topological polar surface area (TPSA) is 72.4 Å². The third-order valence-corrected chi connectivity index (χ3v) is 3.14. The molecule has 1 fully saturated rings. The summed E-state index contributed by atoms with van der Waals surface area (Å²) >= 11 is 0. The molecule has 3 rings (SSSR count). The van der Waals surface area contributed by atoms with Gasteiger partial charge < -0.3 is 13.8 Å². The van der Waals surface area contributed by atoms with Crippen molar-refractivity contribution >= 4 is 5.91 Å². The summed E-state index contributed by atoms with van der Waals surface area (Å²) in [6, 6.07) is 1.67. The second-order valence-electron chi connectivity index (χ2n) is 4.43. The molecule has 0 radical (unpaired) electrons. The number of likely N-dealkylation sites (tertiary alicyclic amines) is 1. The molecule has 1 unspecified atom stereocenters. The van der Waals surface area contributed by atoms with Crippen LogP contribution in [0.1, 0.15) is 34.4 Å². The number of furan rings is 1. The van der Waals surface area contributed by atoms with Gasteiger partial charge in [-0.25, -0.2) is 0 Å². The number of hydrogen-bond donors (Lipinski definition) is 0. The van der Waals surface area contributed by atoms with Crippen molar-refractivity contribution in [3.8, 4) is 0 Å². The zero-order chi connectivity index (χ0) is 12.5. The smallest absolute Gasteiger partial charge is 0.257 e. The summed E-state index contributed by atoms with van der Waals surface area (Å²) in [5.74, 6) is 1.38. The maximum absolute atomic E-state index is 12.1. The Morgan fingerprint density at radius 2 is 2.44 bits per heavy atom. The highest BCUT2D eigenvalue weighted by Gasteiger charge is 2.31. The molecule has 1 aliphatic rings. The molecule has 6 heteroatoms. The van der Waals surface area contributed by atoms with E-state index < -0.39 is 0 Å². The van der Waals surface area contributed by atoms with Gasteiger partial charge in [-0.1, -0.05) is 5.16 Å². The molecule has 94 valence electrons.